The highest BCUT2D eigenvalue weighted by molar-refractivity contribution is 7.10. The number of fused-ring (bicyclic) bond motifs is 1. The topological polar surface area (TPSA) is 104 Å². The van der Waals surface area contributed by atoms with Crippen molar-refractivity contribution in [3.05, 3.63) is 86.6 Å². The summed E-state index contributed by atoms with van der Waals surface area (Å²) in [6, 6.07) is 14.6. The molecular weight excluding hydrogens is 466 g/mol. The SMILES string of the molecule is CC(=O)Oc1ccccc1C(=O)O.O=C(O)[C@H](c1ccccc1Cl)N1CCc2sccc2C1. The van der Waals surface area contributed by atoms with Crippen LogP contribution in [0.1, 0.15) is 39.3 Å². The number of hydrogen-bond acceptors (Lipinski definition) is 6. The fourth-order valence-electron chi connectivity index (χ4n) is 3.56. The molecule has 2 aromatic carbocycles. The van der Waals surface area contributed by atoms with Gasteiger partial charge < -0.3 is 14.9 Å². The van der Waals surface area contributed by atoms with Gasteiger partial charge in [-0.25, -0.2) is 4.79 Å². The molecule has 1 aliphatic heterocycles. The number of aromatic carboxylic acids is 1. The molecule has 3 aromatic rings. The number of halogens is 1. The van der Waals surface area contributed by atoms with Crippen LogP contribution in [0.2, 0.25) is 5.02 Å². The molecule has 0 saturated carbocycles. The average Bonchev–Trinajstić information content (AvgIpc) is 3.23. The first kappa shape index (κ1) is 24.4. The number of aliphatic carboxylic acids is 1. The van der Waals surface area contributed by atoms with Crippen molar-refractivity contribution in [2.45, 2.75) is 25.9 Å². The van der Waals surface area contributed by atoms with Crippen LogP contribution < -0.4 is 4.74 Å². The Bertz CT molecular complexity index is 1160. The lowest BCUT2D eigenvalue weighted by Crippen LogP contribution is -2.37. The van der Waals surface area contributed by atoms with Gasteiger partial charge in [0.05, 0.1) is 0 Å². The van der Waals surface area contributed by atoms with E-state index < -0.39 is 23.9 Å². The molecule has 0 saturated heterocycles. The van der Waals surface area contributed by atoms with Crippen LogP contribution >= 0.6 is 22.9 Å². The molecule has 0 bridgehead atoms. The number of carbonyl (C=O) groups is 3. The second-order valence-electron chi connectivity index (χ2n) is 7.25. The highest BCUT2D eigenvalue weighted by Gasteiger charge is 2.31. The summed E-state index contributed by atoms with van der Waals surface area (Å²) in [6.07, 6.45) is 0.904. The van der Waals surface area contributed by atoms with Crippen LogP contribution in [0.3, 0.4) is 0 Å². The third-order valence-corrected chi connectivity index (χ3v) is 6.37. The molecule has 0 fully saturated rings. The molecular formula is C24H22ClNO6S. The number of thiophene rings is 1. The maximum Gasteiger partial charge on any atom is 0.339 e. The summed E-state index contributed by atoms with van der Waals surface area (Å²) in [6.45, 7) is 2.63. The lowest BCUT2D eigenvalue weighted by atomic mass is 10.0. The molecule has 33 heavy (non-hydrogen) atoms. The van der Waals surface area contributed by atoms with E-state index in [0.29, 0.717) is 17.1 Å². The Balaban J connectivity index is 0.000000205. The van der Waals surface area contributed by atoms with E-state index in [1.807, 2.05) is 17.0 Å². The highest BCUT2D eigenvalue weighted by atomic mass is 35.5. The average molecular weight is 488 g/mol. The first-order valence-corrected chi connectivity index (χ1v) is 11.3. The summed E-state index contributed by atoms with van der Waals surface area (Å²) in [5.41, 5.74) is 1.89. The number of carboxylic acid groups (broad SMARTS) is 2. The van der Waals surface area contributed by atoms with Gasteiger partial charge in [-0.05, 0) is 47.2 Å². The maximum atomic E-state index is 11.7. The van der Waals surface area contributed by atoms with Crippen molar-refractivity contribution in [3.8, 4) is 5.75 Å². The largest absolute Gasteiger partial charge is 0.480 e. The number of rotatable bonds is 5. The van der Waals surface area contributed by atoms with E-state index in [-0.39, 0.29) is 11.3 Å². The summed E-state index contributed by atoms with van der Waals surface area (Å²) in [5.74, 6) is -2.43. The minimum atomic E-state index is -1.11. The molecule has 0 spiro atoms. The quantitative estimate of drug-likeness (QED) is 0.389. The number of hydrogen-bond donors (Lipinski definition) is 2. The third kappa shape index (κ3) is 6.19. The van der Waals surface area contributed by atoms with Gasteiger partial charge in [0, 0.05) is 29.9 Å². The Morgan fingerprint density at radius 3 is 2.42 bits per heavy atom. The zero-order chi connectivity index (χ0) is 24.0. The number of carbonyl (C=O) groups excluding carboxylic acids is 1. The van der Waals surface area contributed by atoms with Gasteiger partial charge in [-0.15, -0.1) is 11.3 Å². The predicted molar refractivity (Wildman–Crippen MR) is 125 cm³/mol. The molecule has 0 radical (unpaired) electrons. The molecule has 2 N–H and O–H groups in total. The Hall–Kier alpha value is -3.20. The van der Waals surface area contributed by atoms with Gasteiger partial charge in [0.2, 0.25) is 0 Å². The van der Waals surface area contributed by atoms with Crippen molar-refractivity contribution in [1.82, 2.24) is 4.90 Å². The molecule has 2 heterocycles. The molecule has 9 heteroatoms. The van der Waals surface area contributed by atoms with E-state index >= 15 is 0 Å². The first-order chi connectivity index (χ1) is 15.8. The number of para-hydroxylation sites is 1. The van der Waals surface area contributed by atoms with Crippen molar-refractivity contribution < 1.29 is 29.3 Å². The van der Waals surface area contributed by atoms with Crippen molar-refractivity contribution in [2.75, 3.05) is 6.54 Å². The Kier molecular flexibility index (Phi) is 8.21. The smallest absolute Gasteiger partial charge is 0.339 e. The van der Waals surface area contributed by atoms with E-state index in [0.717, 1.165) is 13.0 Å². The molecule has 7 nitrogen and oxygen atoms in total. The number of carboxylic acids is 2. The number of ether oxygens (including phenoxy) is 1. The van der Waals surface area contributed by atoms with Gasteiger partial charge in [-0.2, -0.15) is 0 Å². The van der Waals surface area contributed by atoms with Crippen molar-refractivity contribution in [2.24, 2.45) is 0 Å². The van der Waals surface area contributed by atoms with Crippen LogP contribution in [0.4, 0.5) is 0 Å². The van der Waals surface area contributed by atoms with Crippen molar-refractivity contribution in [3.63, 3.8) is 0 Å². The molecule has 4 rings (SSSR count). The lowest BCUT2D eigenvalue weighted by molar-refractivity contribution is -0.144. The van der Waals surface area contributed by atoms with Crippen LogP contribution in [0.25, 0.3) is 0 Å². The monoisotopic (exact) mass is 487 g/mol. The second kappa shape index (κ2) is 11.1. The number of benzene rings is 2. The Labute approximate surface area is 199 Å². The minimum absolute atomic E-state index is 0.0160. The maximum absolute atomic E-state index is 11.7. The van der Waals surface area contributed by atoms with Crippen molar-refractivity contribution >= 4 is 40.8 Å². The van der Waals surface area contributed by atoms with Crippen molar-refractivity contribution in [1.29, 1.82) is 0 Å². The summed E-state index contributed by atoms with van der Waals surface area (Å²) < 4.78 is 4.69. The number of esters is 1. The van der Waals surface area contributed by atoms with E-state index in [9.17, 15) is 19.5 Å². The van der Waals surface area contributed by atoms with E-state index in [2.05, 4.69) is 16.2 Å². The molecule has 1 aliphatic rings. The van der Waals surface area contributed by atoms with Gasteiger partial charge in [-0.1, -0.05) is 41.9 Å². The summed E-state index contributed by atoms with van der Waals surface area (Å²) in [7, 11) is 0. The van der Waals surface area contributed by atoms with E-state index in [4.69, 9.17) is 16.7 Å². The van der Waals surface area contributed by atoms with Crippen LogP contribution in [-0.4, -0.2) is 39.6 Å². The first-order valence-electron chi connectivity index (χ1n) is 10.0. The van der Waals surface area contributed by atoms with Gasteiger partial charge >= 0.3 is 17.9 Å². The zero-order valence-corrected chi connectivity index (χ0v) is 19.3. The predicted octanol–water partition coefficient (Wildman–Crippen LogP) is 4.90. The Morgan fingerprint density at radius 2 is 1.76 bits per heavy atom. The van der Waals surface area contributed by atoms with Crippen LogP contribution in [0.5, 0.6) is 5.75 Å². The zero-order valence-electron chi connectivity index (χ0n) is 17.7. The Morgan fingerprint density at radius 1 is 1.06 bits per heavy atom. The number of nitrogens with zero attached hydrogens (tertiary/aromatic N) is 1. The fraction of sp³-hybridized carbons (Fsp3) is 0.208. The van der Waals surface area contributed by atoms with Gasteiger partial charge in [0.25, 0.3) is 0 Å². The minimum Gasteiger partial charge on any atom is -0.480 e. The van der Waals surface area contributed by atoms with E-state index in [1.165, 1.54) is 29.5 Å². The van der Waals surface area contributed by atoms with Crippen LogP contribution in [-0.2, 0) is 22.6 Å². The standard InChI is InChI=1S/C15H14ClNO2S.C9H8O4/c16-12-4-2-1-3-11(12)14(15(18)19)17-7-5-13-10(9-17)6-8-20-13;1-6(10)13-8-5-3-2-4-7(8)9(11)12/h1-4,6,8,14H,5,7,9H2,(H,18,19);2-5H,1H3,(H,11,12)/t14-;/m0./s1. The van der Waals surface area contributed by atoms with Gasteiger partial charge in [0.1, 0.15) is 17.4 Å². The molecule has 0 aliphatic carbocycles. The van der Waals surface area contributed by atoms with Crippen LogP contribution in [0.15, 0.2) is 60.0 Å². The van der Waals surface area contributed by atoms with Gasteiger partial charge in [-0.3, -0.25) is 14.5 Å². The summed E-state index contributed by atoms with van der Waals surface area (Å²) in [4.78, 5) is 36.2. The molecule has 1 aromatic heterocycles. The molecule has 0 amide bonds. The fourth-order valence-corrected chi connectivity index (χ4v) is 4.69. The molecule has 0 unspecified atom stereocenters. The lowest BCUT2D eigenvalue weighted by Gasteiger charge is -2.32. The second-order valence-corrected chi connectivity index (χ2v) is 8.65. The third-order valence-electron chi connectivity index (χ3n) is 5.01. The molecule has 1 atom stereocenters. The van der Waals surface area contributed by atoms with E-state index in [1.54, 1.807) is 35.6 Å². The van der Waals surface area contributed by atoms with Gasteiger partial charge in [0.15, 0.2) is 0 Å². The summed E-state index contributed by atoms with van der Waals surface area (Å²) >= 11 is 7.92. The molecule has 172 valence electrons. The highest BCUT2D eigenvalue weighted by Crippen LogP contribution is 2.33. The summed E-state index contributed by atoms with van der Waals surface area (Å²) in [5, 5.41) is 20.9. The normalized spacial score (nSPS) is 13.8. The van der Waals surface area contributed by atoms with Crippen LogP contribution in [0, 0.1) is 0 Å².